The van der Waals surface area contributed by atoms with Gasteiger partial charge in [-0.25, -0.2) is 4.39 Å². The van der Waals surface area contributed by atoms with Gasteiger partial charge in [0.25, 0.3) is 0 Å². The minimum Gasteiger partial charge on any atom is -0.221 e. The van der Waals surface area contributed by atoms with Gasteiger partial charge in [0, 0.05) is 0 Å². The quantitative estimate of drug-likeness (QED) is 0.468. The zero-order valence-corrected chi connectivity index (χ0v) is 3.72. The van der Waals surface area contributed by atoms with Gasteiger partial charge in [0.15, 0.2) is 0 Å². The van der Waals surface area contributed by atoms with Gasteiger partial charge in [-0.3, -0.25) is 0 Å². The van der Waals surface area contributed by atoms with Crippen molar-refractivity contribution in [2.24, 2.45) is 0 Å². The van der Waals surface area contributed by atoms with E-state index in [9.17, 15) is 4.39 Å². The summed E-state index contributed by atoms with van der Waals surface area (Å²) in [6.07, 6.45) is 0.321. The van der Waals surface area contributed by atoms with E-state index in [1.165, 1.54) is 0 Å². The van der Waals surface area contributed by atoms with Crippen molar-refractivity contribution in [1.29, 1.82) is 0 Å². The van der Waals surface area contributed by atoms with Crippen LogP contribution in [0.5, 0.6) is 0 Å². The highest BCUT2D eigenvalue weighted by Crippen LogP contribution is 2.09. The van der Waals surface area contributed by atoms with Crippen molar-refractivity contribution >= 4 is 11.6 Å². The maximum Gasteiger partial charge on any atom is 0.230 e. The molecule has 0 spiro atoms. The van der Waals surface area contributed by atoms with E-state index >= 15 is 0 Å². The monoisotopic (exact) mass is 95.0 g/mol. The maximum absolute atomic E-state index is 11.1. The first kappa shape index (κ1) is 5.22. The first-order chi connectivity index (χ1) is 2.27. The average Bonchev–Trinajstić information content (AvgIpc) is 1.38. The molecule has 2 heteroatoms. The summed E-state index contributed by atoms with van der Waals surface area (Å²) >= 11 is 4.71. The Morgan fingerprint density at radius 3 is 2.20 bits per heavy atom. The van der Waals surface area contributed by atoms with Gasteiger partial charge >= 0.3 is 0 Å². The predicted octanol–water partition coefficient (Wildman–Crippen LogP) is 2.09. The fourth-order valence-electron chi connectivity index (χ4n) is 0. The fraction of sp³-hybridized carbons (Fsp3) is 0.667. The Balaban J connectivity index is 2.54. The van der Waals surface area contributed by atoms with Crippen molar-refractivity contribution < 1.29 is 4.39 Å². The number of halogens is 2. The fourth-order valence-corrected chi connectivity index (χ4v) is 0. The second kappa shape index (κ2) is 2.46. The molecular weight excluding hydrogens is 90.5 g/mol. The van der Waals surface area contributed by atoms with Gasteiger partial charge in [-0.1, -0.05) is 18.5 Å². The van der Waals surface area contributed by atoms with Crippen LogP contribution in [0.25, 0.3) is 0 Å². The van der Waals surface area contributed by atoms with Crippen molar-refractivity contribution in [3.8, 4) is 0 Å². The zero-order chi connectivity index (χ0) is 4.28. The second-order valence-electron chi connectivity index (χ2n) is 0.692. The molecule has 0 rings (SSSR count). The molecule has 0 nitrogen and oxygen atoms in total. The van der Waals surface area contributed by atoms with E-state index < -0.39 is 5.63 Å². The Bertz CT molecular complexity index is 20.9. The number of rotatable bonds is 1. The Morgan fingerprint density at radius 2 is 2.20 bits per heavy atom. The summed E-state index contributed by atoms with van der Waals surface area (Å²) in [7, 11) is 0. The van der Waals surface area contributed by atoms with E-state index in [1.54, 1.807) is 6.92 Å². The predicted molar refractivity (Wildman–Crippen MR) is 20.5 cm³/mol. The highest BCUT2D eigenvalue weighted by Gasteiger charge is 1.91. The highest BCUT2D eigenvalue weighted by atomic mass is 35.5. The minimum absolute atomic E-state index is 0.321. The molecular formula is C3H5ClF. The Hall–Kier alpha value is 0.220. The van der Waals surface area contributed by atoms with Gasteiger partial charge in [0.2, 0.25) is 5.63 Å². The minimum atomic E-state index is -0.523. The van der Waals surface area contributed by atoms with Crippen LogP contribution in [0.15, 0.2) is 0 Å². The molecule has 1 radical (unpaired) electrons. The summed E-state index contributed by atoms with van der Waals surface area (Å²) in [6, 6.07) is 0. The zero-order valence-electron chi connectivity index (χ0n) is 2.96. The molecule has 31 valence electrons. The van der Waals surface area contributed by atoms with Crippen molar-refractivity contribution in [3.05, 3.63) is 5.63 Å². The number of hydrogen-bond donors (Lipinski definition) is 0. The van der Waals surface area contributed by atoms with Crippen LogP contribution in [-0.2, 0) is 0 Å². The molecule has 0 saturated heterocycles. The summed E-state index contributed by atoms with van der Waals surface area (Å²) < 4.78 is 11.1. The van der Waals surface area contributed by atoms with E-state index in [4.69, 9.17) is 11.6 Å². The van der Waals surface area contributed by atoms with E-state index in [1.807, 2.05) is 0 Å². The van der Waals surface area contributed by atoms with E-state index in [2.05, 4.69) is 0 Å². The molecule has 0 bridgehead atoms. The molecule has 0 heterocycles. The first-order valence-electron chi connectivity index (χ1n) is 1.44. The lowest BCUT2D eigenvalue weighted by Crippen LogP contribution is -1.64. The van der Waals surface area contributed by atoms with Gasteiger partial charge in [-0.15, -0.1) is 0 Å². The summed E-state index contributed by atoms with van der Waals surface area (Å²) in [4.78, 5) is 0. The van der Waals surface area contributed by atoms with Crippen molar-refractivity contribution in [3.63, 3.8) is 0 Å². The lowest BCUT2D eigenvalue weighted by Gasteiger charge is -1.80. The molecule has 0 atom stereocenters. The van der Waals surface area contributed by atoms with Gasteiger partial charge in [0.1, 0.15) is 0 Å². The van der Waals surface area contributed by atoms with Crippen molar-refractivity contribution in [2.75, 3.05) is 0 Å². The Kier molecular flexibility index (Phi) is 2.57. The van der Waals surface area contributed by atoms with Gasteiger partial charge in [-0.05, 0) is 6.42 Å². The van der Waals surface area contributed by atoms with E-state index in [-0.39, 0.29) is 0 Å². The third-order valence-corrected chi connectivity index (χ3v) is 0.535. The van der Waals surface area contributed by atoms with E-state index in [0.29, 0.717) is 6.42 Å². The molecule has 0 aliphatic heterocycles. The average molecular weight is 95.5 g/mol. The van der Waals surface area contributed by atoms with Crippen LogP contribution < -0.4 is 0 Å². The second-order valence-corrected chi connectivity index (χ2v) is 1.10. The summed E-state index contributed by atoms with van der Waals surface area (Å²) in [5.74, 6) is 0. The van der Waals surface area contributed by atoms with Gasteiger partial charge < -0.3 is 0 Å². The van der Waals surface area contributed by atoms with Crippen LogP contribution in [0.4, 0.5) is 4.39 Å². The molecule has 0 fully saturated rings. The topological polar surface area (TPSA) is 0 Å². The lowest BCUT2D eigenvalue weighted by molar-refractivity contribution is 0.554. The molecule has 0 unspecified atom stereocenters. The van der Waals surface area contributed by atoms with Gasteiger partial charge in [-0.2, -0.15) is 0 Å². The largest absolute Gasteiger partial charge is 0.230 e. The van der Waals surface area contributed by atoms with Crippen LogP contribution >= 0.6 is 11.6 Å². The smallest absolute Gasteiger partial charge is 0.221 e. The van der Waals surface area contributed by atoms with Crippen LogP contribution in [0.1, 0.15) is 13.3 Å². The lowest BCUT2D eigenvalue weighted by atomic mass is 10.6. The third-order valence-electron chi connectivity index (χ3n) is 0.267. The highest BCUT2D eigenvalue weighted by molar-refractivity contribution is 6.25. The maximum atomic E-state index is 11.1. The number of hydrogen-bond acceptors (Lipinski definition) is 0. The molecule has 5 heavy (non-hydrogen) atoms. The van der Waals surface area contributed by atoms with Crippen molar-refractivity contribution in [2.45, 2.75) is 13.3 Å². The van der Waals surface area contributed by atoms with Crippen LogP contribution in [0.2, 0.25) is 0 Å². The Morgan fingerprint density at radius 1 is 2.00 bits per heavy atom. The summed E-state index contributed by atoms with van der Waals surface area (Å²) in [6.45, 7) is 1.66. The van der Waals surface area contributed by atoms with Crippen LogP contribution in [-0.4, -0.2) is 0 Å². The molecule has 0 aromatic carbocycles. The molecule has 0 saturated carbocycles. The van der Waals surface area contributed by atoms with E-state index in [0.717, 1.165) is 0 Å². The normalized spacial score (nSPS) is 9.60. The molecule has 0 aromatic rings. The molecule has 0 aliphatic rings. The summed E-state index contributed by atoms with van der Waals surface area (Å²) in [5.41, 5.74) is -0.523. The molecule has 0 aromatic heterocycles. The standard InChI is InChI=1S/C3H5ClF/c1-2-3(4)5/h2H2,1H3. The molecule has 0 amide bonds. The SMILES string of the molecule is CC[C](F)Cl. The Labute approximate surface area is 35.9 Å². The molecule has 0 aliphatic carbocycles. The third kappa shape index (κ3) is 4.22. The summed E-state index contributed by atoms with van der Waals surface area (Å²) in [5, 5.41) is 0. The van der Waals surface area contributed by atoms with Crippen LogP contribution in [0.3, 0.4) is 0 Å². The van der Waals surface area contributed by atoms with Crippen molar-refractivity contribution in [1.82, 2.24) is 0 Å². The molecule has 0 N–H and O–H groups in total. The van der Waals surface area contributed by atoms with Gasteiger partial charge in [0.05, 0.1) is 0 Å². The first-order valence-corrected chi connectivity index (χ1v) is 1.82. The van der Waals surface area contributed by atoms with Crippen LogP contribution in [0, 0.1) is 5.63 Å².